The molecular weight excluding hydrogens is 524 g/mol. The highest BCUT2D eigenvalue weighted by Crippen LogP contribution is 2.21. The van der Waals surface area contributed by atoms with Gasteiger partial charge < -0.3 is 4.90 Å². The summed E-state index contributed by atoms with van der Waals surface area (Å²) in [6.45, 7) is 3.55. The van der Waals surface area contributed by atoms with Crippen LogP contribution >= 0.6 is 11.6 Å². The van der Waals surface area contributed by atoms with E-state index in [4.69, 9.17) is 11.6 Å². The van der Waals surface area contributed by atoms with Crippen molar-refractivity contribution in [3.05, 3.63) is 140 Å². The summed E-state index contributed by atoms with van der Waals surface area (Å²) in [5, 5.41) is 6.64. The van der Waals surface area contributed by atoms with Crippen molar-refractivity contribution in [1.29, 1.82) is 0 Å². The molecule has 0 saturated heterocycles. The van der Waals surface area contributed by atoms with Gasteiger partial charge in [-0.3, -0.25) is 19.0 Å². The normalized spacial score (nSPS) is 12.4. The van der Waals surface area contributed by atoms with Gasteiger partial charge in [-0.15, -0.1) is 10.8 Å². The van der Waals surface area contributed by atoms with Crippen molar-refractivity contribution in [2.45, 2.75) is 13.8 Å². The Kier molecular flexibility index (Phi) is 7.60. The van der Waals surface area contributed by atoms with Crippen molar-refractivity contribution < 1.29 is 9.59 Å². The van der Waals surface area contributed by atoms with Gasteiger partial charge in [0.15, 0.2) is 5.49 Å². The molecule has 0 atom stereocenters. The molecule has 8 heteroatoms. The van der Waals surface area contributed by atoms with Gasteiger partial charge in [0.05, 0.1) is 23.5 Å². The number of carbonyl (C=O) groups excluding carboxylic acids is 2. The number of anilines is 2. The highest BCUT2D eigenvalue weighted by molar-refractivity contribution is 6.30. The van der Waals surface area contributed by atoms with Crippen molar-refractivity contribution in [1.82, 2.24) is 4.57 Å². The Balaban J connectivity index is 1.62. The minimum absolute atomic E-state index is 0.0997. The van der Waals surface area contributed by atoms with Crippen LogP contribution in [0.1, 0.15) is 22.8 Å². The highest BCUT2D eigenvalue weighted by Gasteiger charge is 2.30. The summed E-state index contributed by atoms with van der Waals surface area (Å²) in [6.07, 6.45) is 4.93. The molecule has 0 spiro atoms. The number of nitrogens with zero attached hydrogens (tertiary/aromatic N) is 4. The van der Waals surface area contributed by atoms with E-state index in [9.17, 15) is 14.4 Å². The lowest BCUT2D eigenvalue weighted by molar-refractivity contribution is -0.116. The molecular formula is C32H25ClN4O3. The molecule has 2 amide bonds. The van der Waals surface area contributed by atoms with Crippen molar-refractivity contribution >= 4 is 40.9 Å². The van der Waals surface area contributed by atoms with E-state index in [0.717, 1.165) is 5.69 Å². The van der Waals surface area contributed by atoms with Gasteiger partial charge in [-0.05, 0) is 73.2 Å². The molecule has 0 aliphatic carbocycles. The zero-order chi connectivity index (χ0) is 28.2. The number of hydrogen-bond donors (Lipinski definition) is 0. The standard InChI is InChI=1S/C32H25ClN4O3/c1-22-28(19-10-5-11-20-35(23(2)38)25-14-6-3-7-15-25)31(39)36(27-18-12-13-24(33)21-27)30-29(22)32(40)37(34-30)26-16-8-4-9-17-26/h3-4,6-19,21H,20H2,1-2H3/b28-19+. The number of rotatable bonds is 6. The number of aromatic nitrogens is 1. The first kappa shape index (κ1) is 26.6. The van der Waals surface area contributed by atoms with Crippen LogP contribution in [0, 0.1) is 6.92 Å². The number of pyridine rings is 1. The van der Waals surface area contributed by atoms with Crippen LogP contribution in [0.25, 0.3) is 11.8 Å². The lowest BCUT2D eigenvalue weighted by Crippen LogP contribution is -2.45. The highest BCUT2D eigenvalue weighted by atomic mass is 35.5. The number of hydrogen-bond acceptors (Lipinski definition) is 4. The Morgan fingerprint density at radius 2 is 1.65 bits per heavy atom. The van der Waals surface area contributed by atoms with Crippen molar-refractivity contribution in [3.8, 4) is 5.69 Å². The SMILES string of the molecule is CC(=O)N(CC=C=C/C=c1\c(C)c2c(n(-c3cccc(Cl)c3)c1=O)=NN(c1ccccc1)C2=O)c1ccccc1. The van der Waals surface area contributed by atoms with E-state index in [-0.39, 0.29) is 22.9 Å². The van der Waals surface area contributed by atoms with Crippen LogP contribution in [0.5, 0.6) is 0 Å². The van der Waals surface area contributed by atoms with E-state index < -0.39 is 0 Å². The summed E-state index contributed by atoms with van der Waals surface area (Å²) in [5.41, 5.74) is 5.64. The van der Waals surface area contributed by atoms with Crippen molar-refractivity contribution in [3.63, 3.8) is 0 Å². The molecule has 5 rings (SSSR count). The smallest absolute Gasteiger partial charge is 0.282 e. The topological polar surface area (TPSA) is 75.0 Å². The molecule has 1 aliphatic heterocycles. The largest absolute Gasteiger partial charge is 0.308 e. The van der Waals surface area contributed by atoms with E-state index in [1.807, 2.05) is 48.5 Å². The number of benzene rings is 3. The van der Waals surface area contributed by atoms with E-state index >= 15 is 0 Å². The second-order valence-electron chi connectivity index (χ2n) is 9.08. The first-order chi connectivity index (χ1) is 19.4. The van der Waals surface area contributed by atoms with Crippen LogP contribution in [0.2, 0.25) is 5.02 Å². The third-order valence-corrected chi connectivity index (χ3v) is 6.74. The first-order valence-corrected chi connectivity index (χ1v) is 13.0. The molecule has 0 N–H and O–H groups in total. The number of fused-ring (bicyclic) bond motifs is 1. The third kappa shape index (κ3) is 5.16. The zero-order valence-corrected chi connectivity index (χ0v) is 22.7. The molecule has 4 aromatic rings. The molecule has 0 bridgehead atoms. The molecule has 198 valence electrons. The number of carbonyl (C=O) groups is 2. The third-order valence-electron chi connectivity index (χ3n) is 6.50. The second-order valence-corrected chi connectivity index (χ2v) is 9.52. The van der Waals surface area contributed by atoms with Gasteiger partial charge in [0.1, 0.15) is 0 Å². The number of amides is 2. The molecule has 1 aromatic heterocycles. The molecule has 0 radical (unpaired) electrons. The minimum atomic E-state index is -0.349. The number of halogens is 1. The monoisotopic (exact) mass is 548 g/mol. The Morgan fingerprint density at radius 1 is 0.975 bits per heavy atom. The maximum atomic E-state index is 13.8. The molecule has 2 heterocycles. The molecule has 1 aliphatic rings. The van der Waals surface area contributed by atoms with Gasteiger partial charge in [0.2, 0.25) is 5.91 Å². The van der Waals surface area contributed by atoms with Crippen LogP contribution in [0.3, 0.4) is 0 Å². The van der Waals surface area contributed by atoms with Gasteiger partial charge in [-0.1, -0.05) is 54.1 Å². The van der Waals surface area contributed by atoms with Crippen LogP contribution in [0.4, 0.5) is 11.4 Å². The maximum absolute atomic E-state index is 13.8. The van der Waals surface area contributed by atoms with Crippen LogP contribution in [0.15, 0.2) is 113 Å². The average molecular weight is 549 g/mol. The molecule has 0 saturated carbocycles. The minimum Gasteiger partial charge on any atom is -0.308 e. The molecule has 0 unspecified atom stereocenters. The van der Waals surface area contributed by atoms with Gasteiger partial charge >= 0.3 is 0 Å². The van der Waals surface area contributed by atoms with Crippen LogP contribution in [-0.4, -0.2) is 22.9 Å². The summed E-state index contributed by atoms with van der Waals surface area (Å²) >= 11 is 6.25. The molecule has 3 aromatic carbocycles. The molecule has 0 fully saturated rings. The molecule has 7 nitrogen and oxygen atoms in total. The summed E-state index contributed by atoms with van der Waals surface area (Å²) in [5.74, 6) is -0.430. The van der Waals surface area contributed by atoms with Crippen LogP contribution in [-0.2, 0) is 4.79 Å². The van der Waals surface area contributed by atoms with E-state index in [0.29, 0.717) is 39.3 Å². The fourth-order valence-electron chi connectivity index (χ4n) is 4.55. The van der Waals surface area contributed by atoms with E-state index in [2.05, 4.69) is 10.8 Å². The Bertz CT molecular complexity index is 1860. The lowest BCUT2D eigenvalue weighted by atomic mass is 10.1. The predicted octanol–water partition coefficient (Wildman–Crippen LogP) is 4.54. The Hall–Kier alpha value is -4.97. The van der Waals surface area contributed by atoms with E-state index in [1.165, 1.54) is 16.5 Å². The zero-order valence-electron chi connectivity index (χ0n) is 21.9. The second kappa shape index (κ2) is 11.4. The van der Waals surface area contributed by atoms with Crippen LogP contribution < -0.4 is 26.2 Å². The van der Waals surface area contributed by atoms with Gasteiger partial charge in [0, 0.05) is 22.9 Å². The van der Waals surface area contributed by atoms with E-state index in [1.54, 1.807) is 66.4 Å². The molecule has 40 heavy (non-hydrogen) atoms. The average Bonchev–Trinajstić information content (AvgIpc) is 3.29. The summed E-state index contributed by atoms with van der Waals surface area (Å²) in [4.78, 5) is 41.2. The predicted molar refractivity (Wildman–Crippen MR) is 157 cm³/mol. The van der Waals surface area contributed by atoms with Gasteiger partial charge in [0.25, 0.3) is 11.5 Å². The van der Waals surface area contributed by atoms with Gasteiger partial charge in [-0.25, -0.2) is 0 Å². The first-order valence-electron chi connectivity index (χ1n) is 12.6. The summed E-state index contributed by atoms with van der Waals surface area (Å²) < 4.78 is 1.41. The lowest BCUT2D eigenvalue weighted by Gasteiger charge is -2.18. The summed E-state index contributed by atoms with van der Waals surface area (Å²) in [6, 6.07) is 25.2. The maximum Gasteiger partial charge on any atom is 0.282 e. The van der Waals surface area contributed by atoms with Gasteiger partial charge in [-0.2, -0.15) is 5.01 Å². The fourth-order valence-corrected chi connectivity index (χ4v) is 4.73. The van der Waals surface area contributed by atoms with Crippen molar-refractivity contribution in [2.24, 2.45) is 5.10 Å². The fraction of sp³-hybridized carbons (Fsp3) is 0.0938. The summed E-state index contributed by atoms with van der Waals surface area (Å²) in [7, 11) is 0. The quantitative estimate of drug-likeness (QED) is 0.332. The Labute approximate surface area is 235 Å². The number of para-hydroxylation sites is 2. The van der Waals surface area contributed by atoms with Crippen molar-refractivity contribution in [2.75, 3.05) is 16.5 Å². The Morgan fingerprint density at radius 3 is 2.33 bits per heavy atom.